The lowest BCUT2D eigenvalue weighted by Crippen LogP contribution is -2.41. The zero-order valence-corrected chi connectivity index (χ0v) is 20.4. The molecule has 4 rings (SSSR count). The highest BCUT2D eigenvalue weighted by Gasteiger charge is 2.34. The minimum absolute atomic E-state index is 0.0594. The normalized spacial score (nSPS) is 15.8. The fourth-order valence-corrected chi connectivity index (χ4v) is 4.97. The first-order chi connectivity index (χ1) is 16.3. The van der Waals surface area contributed by atoms with Crippen LogP contribution in [-0.2, 0) is 4.79 Å². The first-order valence-electron chi connectivity index (χ1n) is 10.5. The molecule has 1 atom stereocenters. The number of aryl methyl sites for hydroxylation is 1. The summed E-state index contributed by atoms with van der Waals surface area (Å²) in [5, 5.41) is 22.5. The number of nitrogens with one attached hydrogen (secondary N) is 4. The van der Waals surface area contributed by atoms with Crippen molar-refractivity contribution < 1.29 is 4.79 Å². The molecule has 3 heterocycles. The number of aliphatic imine (C=N–C) groups is 1. The predicted octanol–water partition coefficient (Wildman–Crippen LogP) is 4.28. The van der Waals surface area contributed by atoms with Gasteiger partial charge in [0.1, 0.15) is 28.5 Å². The Morgan fingerprint density at radius 2 is 2.09 bits per heavy atom. The van der Waals surface area contributed by atoms with Gasteiger partial charge >= 0.3 is 0 Å². The number of nitrogens with zero attached hydrogens (tertiary/aromatic N) is 4. The van der Waals surface area contributed by atoms with E-state index in [1.165, 1.54) is 17.6 Å². The second-order valence-electron chi connectivity index (χ2n) is 7.74. The number of halogens is 1. The Labute approximate surface area is 205 Å². The zero-order valence-electron chi connectivity index (χ0n) is 18.8. The lowest BCUT2D eigenvalue weighted by atomic mass is 9.99. The molecular formula is C23H23ClN8OS. The molecule has 34 heavy (non-hydrogen) atoms. The molecule has 1 aliphatic rings. The van der Waals surface area contributed by atoms with Crippen LogP contribution in [0.5, 0.6) is 0 Å². The molecule has 2 aromatic heterocycles. The number of anilines is 1. The lowest BCUT2D eigenvalue weighted by Gasteiger charge is -2.24. The molecule has 0 aliphatic carbocycles. The van der Waals surface area contributed by atoms with Crippen LogP contribution >= 0.6 is 22.9 Å². The average Bonchev–Trinajstić information content (AvgIpc) is 3.37. The lowest BCUT2D eigenvalue weighted by molar-refractivity contribution is -0.121. The smallest absolute Gasteiger partial charge is 0.242 e. The largest absolute Gasteiger partial charge is 0.344 e. The predicted molar refractivity (Wildman–Crippen MR) is 137 cm³/mol. The number of imidazole rings is 1. The fourth-order valence-electron chi connectivity index (χ4n) is 3.62. The summed E-state index contributed by atoms with van der Waals surface area (Å²) in [4.78, 5) is 27.1. The van der Waals surface area contributed by atoms with Crippen LogP contribution in [0.2, 0.25) is 5.02 Å². The zero-order chi connectivity index (χ0) is 24.4. The number of aromatic amines is 1. The number of amides is 1. The number of carbonyl (C=O) groups excluding carboxylic acids is 1. The van der Waals surface area contributed by atoms with E-state index in [1.807, 2.05) is 26.0 Å². The van der Waals surface area contributed by atoms with Crippen molar-refractivity contribution in [3.8, 4) is 0 Å². The van der Waals surface area contributed by atoms with E-state index in [0.717, 1.165) is 26.6 Å². The maximum absolute atomic E-state index is 12.7. The second-order valence-corrected chi connectivity index (χ2v) is 9.38. The summed E-state index contributed by atoms with van der Waals surface area (Å²) in [5.74, 6) is 0.342. The van der Waals surface area contributed by atoms with Gasteiger partial charge in [0.25, 0.3) is 0 Å². The molecule has 0 spiro atoms. The minimum atomic E-state index is -0.816. The standard InChI is InChI=1S/C23H23ClN8OS/c1-12-13(2)34-23-20(12)21(15-4-6-16(24)7-5-15)30-17(22(26)32(23)14(3)25)10-19(33)31-29-11-18-27-8-9-28-18/h4-9,11,17,25-26H,10H2,1-3H3,(H,27,28)(H,31,33)/b25-14?,26-22?,29-11+. The molecule has 1 aliphatic heterocycles. The number of fused-ring (bicyclic) bond motifs is 1. The number of carbonyl (C=O) groups is 1. The summed E-state index contributed by atoms with van der Waals surface area (Å²) in [7, 11) is 0. The van der Waals surface area contributed by atoms with Gasteiger partial charge < -0.3 is 4.98 Å². The van der Waals surface area contributed by atoms with Crippen molar-refractivity contribution in [2.45, 2.75) is 33.2 Å². The number of aromatic nitrogens is 2. The van der Waals surface area contributed by atoms with Crippen LogP contribution in [-0.4, -0.2) is 45.5 Å². The first-order valence-corrected chi connectivity index (χ1v) is 11.6. The molecule has 1 aromatic carbocycles. The molecule has 1 unspecified atom stereocenters. The molecule has 11 heteroatoms. The van der Waals surface area contributed by atoms with Crippen molar-refractivity contribution in [2.24, 2.45) is 10.1 Å². The monoisotopic (exact) mass is 494 g/mol. The molecule has 0 radical (unpaired) electrons. The van der Waals surface area contributed by atoms with Crippen molar-refractivity contribution >= 4 is 57.4 Å². The van der Waals surface area contributed by atoms with E-state index >= 15 is 0 Å². The Kier molecular flexibility index (Phi) is 6.71. The van der Waals surface area contributed by atoms with Crippen LogP contribution in [0.3, 0.4) is 0 Å². The highest BCUT2D eigenvalue weighted by Crippen LogP contribution is 2.40. The van der Waals surface area contributed by atoms with E-state index in [4.69, 9.17) is 27.4 Å². The maximum Gasteiger partial charge on any atom is 0.242 e. The van der Waals surface area contributed by atoms with Gasteiger partial charge in [-0.25, -0.2) is 10.4 Å². The van der Waals surface area contributed by atoms with E-state index < -0.39 is 11.9 Å². The summed E-state index contributed by atoms with van der Waals surface area (Å²) in [6.45, 7) is 5.64. The topological polar surface area (TPSA) is 133 Å². The summed E-state index contributed by atoms with van der Waals surface area (Å²) in [6, 6.07) is 6.50. The van der Waals surface area contributed by atoms with Gasteiger partial charge in [-0.3, -0.25) is 25.5 Å². The second kappa shape index (κ2) is 9.70. The molecule has 0 bridgehead atoms. The Morgan fingerprint density at radius 3 is 2.74 bits per heavy atom. The van der Waals surface area contributed by atoms with Crippen LogP contribution in [0.4, 0.5) is 5.00 Å². The van der Waals surface area contributed by atoms with Crippen molar-refractivity contribution in [3.63, 3.8) is 0 Å². The van der Waals surface area contributed by atoms with Crippen molar-refractivity contribution in [1.82, 2.24) is 15.4 Å². The van der Waals surface area contributed by atoms with Gasteiger partial charge in [-0.05, 0) is 38.5 Å². The Balaban J connectivity index is 1.74. The van der Waals surface area contributed by atoms with E-state index in [0.29, 0.717) is 16.6 Å². The van der Waals surface area contributed by atoms with Crippen molar-refractivity contribution in [3.05, 3.63) is 69.1 Å². The molecular weight excluding hydrogens is 472 g/mol. The molecule has 0 saturated carbocycles. The number of rotatable bonds is 5. The van der Waals surface area contributed by atoms with E-state index in [2.05, 4.69) is 20.5 Å². The average molecular weight is 495 g/mol. The number of hydrazone groups is 1. The Hall–Kier alpha value is -3.63. The van der Waals surface area contributed by atoms with E-state index in [9.17, 15) is 4.79 Å². The number of benzene rings is 1. The van der Waals surface area contributed by atoms with Crippen molar-refractivity contribution in [1.29, 1.82) is 10.8 Å². The van der Waals surface area contributed by atoms with Gasteiger partial charge in [0, 0.05) is 33.4 Å². The molecule has 0 fully saturated rings. The summed E-state index contributed by atoms with van der Waals surface area (Å²) in [5.41, 5.74) is 5.85. The number of thiophene rings is 1. The third-order valence-electron chi connectivity index (χ3n) is 5.38. The molecule has 174 valence electrons. The van der Waals surface area contributed by atoms with Crippen LogP contribution in [0.15, 0.2) is 46.8 Å². The van der Waals surface area contributed by atoms with E-state index in [1.54, 1.807) is 36.4 Å². The van der Waals surface area contributed by atoms with Gasteiger partial charge in [-0.2, -0.15) is 5.10 Å². The number of hydrogen-bond acceptors (Lipinski definition) is 7. The van der Waals surface area contributed by atoms with Gasteiger partial charge in [0.15, 0.2) is 0 Å². The Morgan fingerprint density at radius 1 is 1.35 bits per heavy atom. The molecule has 0 saturated heterocycles. The summed E-state index contributed by atoms with van der Waals surface area (Å²) < 4.78 is 0. The molecule has 9 nitrogen and oxygen atoms in total. The highest BCUT2D eigenvalue weighted by atomic mass is 35.5. The fraction of sp³-hybridized carbons (Fsp3) is 0.217. The number of hydrogen-bond donors (Lipinski definition) is 4. The van der Waals surface area contributed by atoms with Crippen LogP contribution in [0, 0.1) is 24.7 Å². The quantitative estimate of drug-likeness (QED) is 0.239. The highest BCUT2D eigenvalue weighted by molar-refractivity contribution is 7.17. The number of H-pyrrole nitrogens is 1. The van der Waals surface area contributed by atoms with Crippen LogP contribution in [0.1, 0.15) is 40.7 Å². The first kappa shape index (κ1) is 23.5. The number of amidine groups is 2. The van der Waals surface area contributed by atoms with Crippen LogP contribution in [0.25, 0.3) is 0 Å². The Bertz CT molecular complexity index is 1310. The summed E-state index contributed by atoms with van der Waals surface area (Å²) in [6.07, 6.45) is 4.53. The molecule has 4 N–H and O–H groups in total. The SMILES string of the molecule is CC(=N)N1C(=N)C(CC(=O)N/N=C/c2ncc[nH]2)N=C(c2ccc(Cl)cc2)c2c1sc(C)c2C. The van der Waals surface area contributed by atoms with Gasteiger partial charge in [-0.15, -0.1) is 11.3 Å². The molecule has 3 aromatic rings. The van der Waals surface area contributed by atoms with Crippen molar-refractivity contribution in [2.75, 3.05) is 4.90 Å². The van der Waals surface area contributed by atoms with Crippen LogP contribution < -0.4 is 10.3 Å². The van der Waals surface area contributed by atoms with Gasteiger partial charge in [0.2, 0.25) is 5.91 Å². The maximum atomic E-state index is 12.7. The third kappa shape index (κ3) is 4.68. The summed E-state index contributed by atoms with van der Waals surface area (Å²) >= 11 is 7.62. The van der Waals surface area contributed by atoms with Gasteiger partial charge in [-0.1, -0.05) is 23.7 Å². The van der Waals surface area contributed by atoms with Gasteiger partial charge in [0.05, 0.1) is 18.3 Å². The van der Waals surface area contributed by atoms with E-state index in [-0.39, 0.29) is 18.1 Å². The third-order valence-corrected chi connectivity index (χ3v) is 6.82. The molecule has 1 amide bonds. The minimum Gasteiger partial charge on any atom is -0.344 e.